The second-order valence-electron chi connectivity index (χ2n) is 4.47. The maximum atomic E-state index is 14.1. The number of amides is 2. The molecule has 0 saturated carbocycles. The van der Waals surface area contributed by atoms with Crippen molar-refractivity contribution in [1.29, 1.82) is 0 Å². The second-order valence-corrected chi connectivity index (χ2v) is 4.87. The van der Waals surface area contributed by atoms with E-state index in [0.29, 0.717) is 0 Å². The standard InChI is InChI=1S/C14H14ClFN2O3/c1-3-21-13(19)10-7(2)17-14(20)18-12(10)11-8(15)5-4-6-9(11)16/h4-6,10,12H,2-3H2,1H3,(H2,17,18,20). The Labute approximate surface area is 126 Å². The highest BCUT2D eigenvalue weighted by molar-refractivity contribution is 6.31. The van der Waals surface area contributed by atoms with Crippen molar-refractivity contribution in [2.75, 3.05) is 6.61 Å². The largest absolute Gasteiger partial charge is 0.465 e. The van der Waals surface area contributed by atoms with Gasteiger partial charge in [-0.1, -0.05) is 24.2 Å². The summed E-state index contributed by atoms with van der Waals surface area (Å²) < 4.78 is 19.0. The normalized spacial score (nSPS) is 21.5. The lowest BCUT2D eigenvalue weighted by molar-refractivity contribution is -0.147. The Morgan fingerprint density at radius 1 is 1.52 bits per heavy atom. The predicted molar refractivity (Wildman–Crippen MR) is 75.1 cm³/mol. The lowest BCUT2D eigenvalue weighted by Crippen LogP contribution is -2.51. The highest BCUT2D eigenvalue weighted by Gasteiger charge is 2.40. The van der Waals surface area contributed by atoms with E-state index in [1.165, 1.54) is 18.2 Å². The first-order valence-corrected chi connectivity index (χ1v) is 6.70. The highest BCUT2D eigenvalue weighted by Crippen LogP contribution is 2.35. The van der Waals surface area contributed by atoms with E-state index in [-0.39, 0.29) is 22.9 Å². The lowest BCUT2D eigenvalue weighted by Gasteiger charge is -2.33. The minimum atomic E-state index is -0.973. The van der Waals surface area contributed by atoms with Crippen molar-refractivity contribution in [2.24, 2.45) is 5.92 Å². The summed E-state index contributed by atoms with van der Waals surface area (Å²) in [6, 6.07) is 2.58. The predicted octanol–water partition coefficient (Wildman–Crippen LogP) is 2.53. The van der Waals surface area contributed by atoms with Gasteiger partial charge in [-0.15, -0.1) is 0 Å². The van der Waals surface area contributed by atoms with Gasteiger partial charge in [-0.3, -0.25) is 4.79 Å². The van der Waals surface area contributed by atoms with E-state index in [2.05, 4.69) is 17.2 Å². The fraction of sp³-hybridized carbons (Fsp3) is 0.286. The molecule has 2 atom stereocenters. The third kappa shape index (κ3) is 3.00. The molecule has 1 fully saturated rings. The first kappa shape index (κ1) is 15.3. The van der Waals surface area contributed by atoms with Crippen LogP contribution in [0.1, 0.15) is 18.5 Å². The molecule has 2 rings (SSSR count). The third-order valence-electron chi connectivity index (χ3n) is 3.12. The maximum Gasteiger partial charge on any atom is 0.319 e. The van der Waals surface area contributed by atoms with Crippen molar-refractivity contribution < 1.29 is 18.7 Å². The van der Waals surface area contributed by atoms with Crippen molar-refractivity contribution in [3.8, 4) is 0 Å². The molecule has 5 nitrogen and oxygen atoms in total. The Balaban J connectivity index is 2.47. The van der Waals surface area contributed by atoms with Gasteiger partial charge in [0.25, 0.3) is 0 Å². The SMILES string of the molecule is C=C1NC(=O)NC(c2c(F)cccc2Cl)C1C(=O)OCC. The third-order valence-corrected chi connectivity index (χ3v) is 3.45. The molecule has 2 N–H and O–H groups in total. The van der Waals surface area contributed by atoms with E-state index in [4.69, 9.17) is 16.3 Å². The average Bonchev–Trinajstić information content (AvgIpc) is 2.37. The molecule has 1 aliphatic rings. The quantitative estimate of drug-likeness (QED) is 0.843. The van der Waals surface area contributed by atoms with Crippen LogP contribution in [0, 0.1) is 11.7 Å². The van der Waals surface area contributed by atoms with E-state index >= 15 is 0 Å². The van der Waals surface area contributed by atoms with Gasteiger partial charge < -0.3 is 15.4 Å². The monoisotopic (exact) mass is 312 g/mol. The number of ether oxygens (including phenoxy) is 1. The number of nitrogens with one attached hydrogen (secondary N) is 2. The van der Waals surface area contributed by atoms with Gasteiger partial charge in [0.05, 0.1) is 12.6 Å². The minimum absolute atomic E-state index is 0.0354. The van der Waals surface area contributed by atoms with E-state index < -0.39 is 29.8 Å². The summed E-state index contributed by atoms with van der Waals surface area (Å²) in [7, 11) is 0. The number of rotatable bonds is 3. The molecule has 0 bridgehead atoms. The van der Waals surface area contributed by atoms with Crippen molar-refractivity contribution in [3.05, 3.63) is 46.9 Å². The van der Waals surface area contributed by atoms with Crippen molar-refractivity contribution in [1.82, 2.24) is 10.6 Å². The summed E-state index contributed by atoms with van der Waals surface area (Å²) >= 11 is 6.01. The molecular weight excluding hydrogens is 299 g/mol. The van der Waals surface area contributed by atoms with Crippen LogP contribution in [0.25, 0.3) is 0 Å². The Morgan fingerprint density at radius 3 is 2.86 bits per heavy atom. The van der Waals surface area contributed by atoms with Gasteiger partial charge in [0, 0.05) is 16.3 Å². The van der Waals surface area contributed by atoms with Gasteiger partial charge in [-0.2, -0.15) is 0 Å². The van der Waals surface area contributed by atoms with Gasteiger partial charge >= 0.3 is 12.0 Å². The zero-order chi connectivity index (χ0) is 15.6. The Morgan fingerprint density at radius 2 is 2.24 bits per heavy atom. The van der Waals surface area contributed by atoms with E-state index in [1.807, 2.05) is 0 Å². The number of carbonyl (C=O) groups is 2. The van der Waals surface area contributed by atoms with E-state index in [9.17, 15) is 14.0 Å². The number of benzene rings is 1. The van der Waals surface area contributed by atoms with Gasteiger partial charge in [-0.25, -0.2) is 9.18 Å². The number of urea groups is 1. The van der Waals surface area contributed by atoms with E-state index in [0.717, 1.165) is 0 Å². The molecule has 0 aromatic heterocycles. The molecule has 0 radical (unpaired) electrons. The molecule has 0 aliphatic carbocycles. The van der Waals surface area contributed by atoms with Crippen molar-refractivity contribution in [2.45, 2.75) is 13.0 Å². The van der Waals surface area contributed by atoms with Crippen LogP contribution >= 0.6 is 11.6 Å². The minimum Gasteiger partial charge on any atom is -0.465 e. The average molecular weight is 313 g/mol. The molecule has 2 unspecified atom stereocenters. The lowest BCUT2D eigenvalue weighted by atomic mass is 9.88. The van der Waals surface area contributed by atoms with Crippen molar-refractivity contribution >= 4 is 23.6 Å². The van der Waals surface area contributed by atoms with Crippen LogP contribution in [0.5, 0.6) is 0 Å². The molecular formula is C14H14ClFN2O3. The summed E-state index contributed by atoms with van der Waals surface area (Å²) in [6.45, 7) is 5.46. The summed E-state index contributed by atoms with van der Waals surface area (Å²) in [5.74, 6) is -2.19. The molecule has 1 saturated heterocycles. The molecule has 112 valence electrons. The molecule has 1 heterocycles. The van der Waals surface area contributed by atoms with Crippen LogP contribution in [0.3, 0.4) is 0 Å². The topological polar surface area (TPSA) is 67.4 Å². The highest BCUT2D eigenvalue weighted by atomic mass is 35.5. The summed E-state index contributed by atoms with van der Waals surface area (Å²) in [5.41, 5.74) is 0.176. The number of esters is 1. The second kappa shape index (κ2) is 6.13. The van der Waals surface area contributed by atoms with Gasteiger partial charge in [0.1, 0.15) is 11.7 Å². The summed E-state index contributed by atoms with van der Waals surface area (Å²) in [4.78, 5) is 23.7. The zero-order valence-corrected chi connectivity index (χ0v) is 12.0. The number of carbonyl (C=O) groups excluding carboxylic acids is 2. The fourth-order valence-corrected chi connectivity index (χ4v) is 2.52. The summed E-state index contributed by atoms with van der Waals surface area (Å²) in [6.07, 6.45) is 0. The molecule has 1 aromatic rings. The molecule has 7 heteroatoms. The molecule has 0 spiro atoms. The summed E-state index contributed by atoms with van der Waals surface area (Å²) in [5, 5.41) is 5.01. The Kier molecular flexibility index (Phi) is 4.47. The van der Waals surface area contributed by atoms with Crippen LogP contribution < -0.4 is 10.6 Å². The van der Waals surface area contributed by atoms with Crippen LogP contribution in [0.2, 0.25) is 5.02 Å². The van der Waals surface area contributed by atoms with Gasteiger partial charge in [-0.05, 0) is 19.1 Å². The number of halogens is 2. The first-order valence-electron chi connectivity index (χ1n) is 6.32. The fourth-order valence-electron chi connectivity index (χ4n) is 2.24. The molecule has 2 amide bonds. The Bertz CT molecular complexity index is 586. The zero-order valence-electron chi connectivity index (χ0n) is 11.3. The van der Waals surface area contributed by atoms with Crippen molar-refractivity contribution in [3.63, 3.8) is 0 Å². The van der Waals surface area contributed by atoms with Gasteiger partial charge in [0.15, 0.2) is 0 Å². The van der Waals surface area contributed by atoms with Crippen LogP contribution in [-0.2, 0) is 9.53 Å². The number of hydrogen-bond donors (Lipinski definition) is 2. The van der Waals surface area contributed by atoms with Crippen LogP contribution in [0.4, 0.5) is 9.18 Å². The smallest absolute Gasteiger partial charge is 0.319 e. The number of hydrogen-bond acceptors (Lipinski definition) is 3. The van der Waals surface area contributed by atoms with Crippen LogP contribution in [-0.4, -0.2) is 18.6 Å². The van der Waals surface area contributed by atoms with Gasteiger partial charge in [0.2, 0.25) is 0 Å². The first-order chi connectivity index (χ1) is 9.95. The molecule has 21 heavy (non-hydrogen) atoms. The molecule has 1 aliphatic heterocycles. The maximum absolute atomic E-state index is 14.1. The Hall–Kier alpha value is -2.08. The molecule has 1 aromatic carbocycles. The van der Waals surface area contributed by atoms with Crippen LogP contribution in [0.15, 0.2) is 30.5 Å². The van der Waals surface area contributed by atoms with E-state index in [1.54, 1.807) is 6.92 Å².